The van der Waals surface area contributed by atoms with Crippen LogP contribution in [0.3, 0.4) is 0 Å². The quantitative estimate of drug-likeness (QED) is 0.703. The van der Waals surface area contributed by atoms with Gasteiger partial charge in [-0.2, -0.15) is 0 Å². The lowest BCUT2D eigenvalue weighted by molar-refractivity contribution is -0.0576. The van der Waals surface area contributed by atoms with Crippen LogP contribution in [0.2, 0.25) is 0 Å². The summed E-state index contributed by atoms with van der Waals surface area (Å²) in [7, 11) is 0. The second kappa shape index (κ2) is 5.08. The molecule has 3 rings (SSSR count). The minimum Gasteiger partial charge on any atom is -0.389 e. The first-order chi connectivity index (χ1) is 10.1. The molecule has 0 aromatic carbocycles. The van der Waals surface area contributed by atoms with Crippen molar-refractivity contribution < 1.29 is 10.2 Å². The number of hydrogen-bond donors (Lipinski definition) is 2. The highest BCUT2D eigenvalue weighted by molar-refractivity contribution is 5.35. The molecule has 0 aromatic heterocycles. The smallest absolute Gasteiger partial charge is 0.0757 e. The van der Waals surface area contributed by atoms with Crippen LogP contribution in [0.4, 0.5) is 0 Å². The fourth-order valence-corrected chi connectivity index (χ4v) is 5.92. The molecule has 0 aliphatic heterocycles. The Morgan fingerprint density at radius 3 is 2.41 bits per heavy atom. The van der Waals surface area contributed by atoms with E-state index in [2.05, 4.69) is 34.6 Å². The maximum absolute atomic E-state index is 10.9. The van der Waals surface area contributed by atoms with E-state index in [1.165, 1.54) is 30.4 Å². The van der Waals surface area contributed by atoms with Gasteiger partial charge in [-0.15, -0.1) is 0 Å². The lowest BCUT2D eigenvalue weighted by Crippen LogP contribution is -2.52. The van der Waals surface area contributed by atoms with E-state index < -0.39 is 5.60 Å². The Bertz CT molecular complexity index is 490. The third kappa shape index (κ3) is 2.29. The van der Waals surface area contributed by atoms with Crippen molar-refractivity contribution in [2.45, 2.75) is 91.3 Å². The Kier molecular flexibility index (Phi) is 3.81. The summed E-state index contributed by atoms with van der Waals surface area (Å²) in [5, 5.41) is 21.8. The summed E-state index contributed by atoms with van der Waals surface area (Å²) in [6.07, 6.45) is 6.90. The zero-order valence-corrected chi connectivity index (χ0v) is 15.1. The molecule has 126 valence electrons. The Balaban J connectivity index is 2.02. The third-order valence-corrected chi connectivity index (χ3v) is 7.55. The van der Waals surface area contributed by atoms with E-state index in [9.17, 15) is 10.2 Å². The molecule has 3 aliphatic carbocycles. The summed E-state index contributed by atoms with van der Waals surface area (Å²) < 4.78 is 0. The molecule has 3 aliphatic rings. The highest BCUT2D eigenvalue weighted by atomic mass is 16.3. The first-order valence-corrected chi connectivity index (χ1v) is 9.23. The number of aliphatic hydroxyl groups excluding tert-OH is 1. The minimum absolute atomic E-state index is 0.245. The topological polar surface area (TPSA) is 40.5 Å². The standard InChI is InChI=1S/C20H34O2/c1-13(2)20(22)10-7-15-14(12-20)16(21)11-17-18(3,4)8-6-9-19(15,17)5/h13,16-17,21-22H,6-12H2,1-5H3/t16-,17+,19+,20+/m0/s1. The molecule has 0 aromatic rings. The van der Waals surface area contributed by atoms with Crippen molar-refractivity contribution in [3.63, 3.8) is 0 Å². The van der Waals surface area contributed by atoms with Crippen LogP contribution in [0.1, 0.15) is 79.6 Å². The number of aliphatic hydroxyl groups is 2. The Morgan fingerprint density at radius 2 is 1.77 bits per heavy atom. The van der Waals surface area contributed by atoms with Crippen LogP contribution < -0.4 is 0 Å². The first-order valence-electron chi connectivity index (χ1n) is 9.23. The molecule has 0 unspecified atom stereocenters. The lowest BCUT2D eigenvalue weighted by atomic mass is 9.48. The molecule has 0 amide bonds. The van der Waals surface area contributed by atoms with Crippen molar-refractivity contribution in [3.8, 4) is 0 Å². The van der Waals surface area contributed by atoms with Crippen molar-refractivity contribution in [1.82, 2.24) is 0 Å². The molecule has 1 fully saturated rings. The molecular weight excluding hydrogens is 272 g/mol. The predicted octanol–water partition coefficient (Wildman–Crippen LogP) is 4.45. The summed E-state index contributed by atoms with van der Waals surface area (Å²) in [6.45, 7) is 11.4. The normalized spacial score (nSPS) is 44.7. The molecule has 0 heterocycles. The van der Waals surface area contributed by atoms with Crippen LogP contribution in [0.25, 0.3) is 0 Å². The van der Waals surface area contributed by atoms with E-state index in [0.29, 0.717) is 17.8 Å². The minimum atomic E-state index is -0.618. The van der Waals surface area contributed by atoms with Gasteiger partial charge in [-0.05, 0) is 60.3 Å². The predicted molar refractivity (Wildman–Crippen MR) is 90.5 cm³/mol. The Labute approximate surface area is 136 Å². The van der Waals surface area contributed by atoms with Crippen molar-refractivity contribution in [2.24, 2.45) is 22.7 Å². The Hall–Kier alpha value is -0.340. The average molecular weight is 306 g/mol. The van der Waals surface area contributed by atoms with Gasteiger partial charge in [0.25, 0.3) is 0 Å². The van der Waals surface area contributed by atoms with Gasteiger partial charge < -0.3 is 10.2 Å². The van der Waals surface area contributed by atoms with Gasteiger partial charge in [0, 0.05) is 6.42 Å². The van der Waals surface area contributed by atoms with Crippen LogP contribution in [-0.4, -0.2) is 21.9 Å². The van der Waals surface area contributed by atoms with Crippen molar-refractivity contribution in [3.05, 3.63) is 11.1 Å². The molecule has 2 heteroatoms. The molecule has 0 saturated heterocycles. The van der Waals surface area contributed by atoms with Crippen molar-refractivity contribution in [1.29, 1.82) is 0 Å². The number of allylic oxidation sites excluding steroid dienone is 1. The van der Waals surface area contributed by atoms with Crippen LogP contribution in [0.15, 0.2) is 11.1 Å². The highest BCUT2D eigenvalue weighted by Crippen LogP contribution is 2.62. The number of fused-ring (bicyclic) bond motifs is 2. The molecule has 0 radical (unpaired) electrons. The van der Waals surface area contributed by atoms with E-state index in [1.54, 1.807) is 0 Å². The van der Waals surface area contributed by atoms with Crippen LogP contribution in [0, 0.1) is 22.7 Å². The second-order valence-electron chi connectivity index (χ2n) is 9.50. The molecule has 4 atom stereocenters. The van der Waals surface area contributed by atoms with Gasteiger partial charge in [-0.3, -0.25) is 0 Å². The summed E-state index contributed by atoms with van der Waals surface area (Å²) in [5.41, 5.74) is 2.65. The van der Waals surface area contributed by atoms with E-state index in [1.807, 2.05) is 0 Å². The molecule has 0 bridgehead atoms. The maximum Gasteiger partial charge on any atom is 0.0757 e. The number of hydrogen-bond acceptors (Lipinski definition) is 2. The highest BCUT2D eigenvalue weighted by Gasteiger charge is 2.54. The fraction of sp³-hybridized carbons (Fsp3) is 0.900. The van der Waals surface area contributed by atoms with Crippen LogP contribution in [0.5, 0.6) is 0 Å². The van der Waals surface area contributed by atoms with Gasteiger partial charge >= 0.3 is 0 Å². The van der Waals surface area contributed by atoms with Gasteiger partial charge in [0.2, 0.25) is 0 Å². The molecule has 0 spiro atoms. The van der Waals surface area contributed by atoms with Gasteiger partial charge in [0.1, 0.15) is 0 Å². The van der Waals surface area contributed by atoms with Crippen LogP contribution in [-0.2, 0) is 0 Å². The summed E-state index contributed by atoms with van der Waals surface area (Å²) >= 11 is 0. The third-order valence-electron chi connectivity index (χ3n) is 7.55. The molecule has 22 heavy (non-hydrogen) atoms. The van der Waals surface area contributed by atoms with Crippen LogP contribution >= 0.6 is 0 Å². The summed E-state index contributed by atoms with van der Waals surface area (Å²) in [5.74, 6) is 0.829. The van der Waals surface area contributed by atoms with E-state index >= 15 is 0 Å². The zero-order chi connectivity index (χ0) is 16.3. The van der Waals surface area contributed by atoms with Gasteiger partial charge in [0.15, 0.2) is 0 Å². The van der Waals surface area contributed by atoms with E-state index in [4.69, 9.17) is 0 Å². The van der Waals surface area contributed by atoms with Gasteiger partial charge in [0.05, 0.1) is 11.7 Å². The number of rotatable bonds is 1. The fourth-order valence-electron chi connectivity index (χ4n) is 5.92. The molecular formula is C20H34O2. The maximum atomic E-state index is 10.9. The van der Waals surface area contributed by atoms with Gasteiger partial charge in [-0.25, -0.2) is 0 Å². The second-order valence-corrected chi connectivity index (χ2v) is 9.50. The largest absolute Gasteiger partial charge is 0.389 e. The molecule has 2 N–H and O–H groups in total. The van der Waals surface area contributed by atoms with Crippen molar-refractivity contribution in [2.75, 3.05) is 0 Å². The SMILES string of the molecule is CC(C)[C@@]1(O)CCC2=C(C1)[C@@H](O)C[C@@H]1C(C)(C)CCC[C@]21C. The lowest BCUT2D eigenvalue weighted by Gasteiger charge is -2.58. The van der Waals surface area contributed by atoms with E-state index in [0.717, 1.165) is 19.3 Å². The van der Waals surface area contributed by atoms with Gasteiger partial charge in [-0.1, -0.05) is 46.6 Å². The summed E-state index contributed by atoms with van der Waals surface area (Å²) in [6, 6.07) is 0. The Morgan fingerprint density at radius 1 is 1.09 bits per heavy atom. The molecule has 2 nitrogen and oxygen atoms in total. The summed E-state index contributed by atoms with van der Waals surface area (Å²) in [4.78, 5) is 0. The van der Waals surface area contributed by atoms with E-state index in [-0.39, 0.29) is 17.4 Å². The average Bonchev–Trinajstić information content (AvgIpc) is 2.41. The molecule has 1 saturated carbocycles. The first kappa shape index (κ1) is 16.5. The monoisotopic (exact) mass is 306 g/mol. The zero-order valence-electron chi connectivity index (χ0n) is 15.1. The van der Waals surface area contributed by atoms with Crippen molar-refractivity contribution >= 4 is 0 Å².